The van der Waals surface area contributed by atoms with Gasteiger partial charge in [0.1, 0.15) is 5.82 Å². The minimum Gasteiger partial charge on any atom is -0.504 e. The lowest BCUT2D eigenvalue weighted by Crippen LogP contribution is -2.27. The van der Waals surface area contributed by atoms with Gasteiger partial charge in [-0.3, -0.25) is 9.36 Å². The molecule has 1 N–H and O–H groups in total. The highest BCUT2D eigenvalue weighted by molar-refractivity contribution is 7.22. The van der Waals surface area contributed by atoms with E-state index in [1.165, 1.54) is 35.0 Å². The number of nitrogens with zero attached hydrogens (tertiary/aromatic N) is 3. The van der Waals surface area contributed by atoms with Crippen LogP contribution in [0.5, 0.6) is 5.75 Å². The number of rotatable bonds is 6. The fourth-order valence-electron chi connectivity index (χ4n) is 4.02. The molecule has 0 aliphatic heterocycles. The Hall–Kier alpha value is -3.62. The van der Waals surface area contributed by atoms with Crippen molar-refractivity contribution in [3.8, 4) is 37.3 Å². The first-order valence-corrected chi connectivity index (χ1v) is 12.7. The lowest BCUT2D eigenvalue weighted by molar-refractivity contribution is 0.433. The van der Waals surface area contributed by atoms with E-state index in [0.717, 1.165) is 25.9 Å². The maximum atomic E-state index is 14.2. The number of phenolic OH excluding ortho intramolecular Hbond substituents is 1. The summed E-state index contributed by atoms with van der Waals surface area (Å²) in [4.78, 5) is 21.5. The van der Waals surface area contributed by atoms with E-state index in [4.69, 9.17) is 4.98 Å². The Morgan fingerprint density at radius 2 is 1.74 bits per heavy atom. The van der Waals surface area contributed by atoms with E-state index < -0.39 is 11.6 Å². The Bertz CT molecular complexity index is 1570. The van der Waals surface area contributed by atoms with Crippen molar-refractivity contribution >= 4 is 22.9 Å². The molecule has 5 aromatic rings. The summed E-state index contributed by atoms with van der Waals surface area (Å²) in [6, 6.07) is 20.0. The van der Waals surface area contributed by atoms with Crippen molar-refractivity contribution in [2.24, 2.45) is 0 Å². The van der Waals surface area contributed by atoms with Gasteiger partial charge < -0.3 is 5.11 Å². The molecule has 2 aromatic carbocycles. The van der Waals surface area contributed by atoms with Gasteiger partial charge in [-0.15, -0.1) is 11.3 Å². The number of halogens is 1. The number of benzene rings is 2. The van der Waals surface area contributed by atoms with Gasteiger partial charge in [0, 0.05) is 16.3 Å². The van der Waals surface area contributed by atoms with Crippen LogP contribution in [-0.2, 0) is 13.0 Å². The first-order chi connectivity index (χ1) is 16.9. The highest BCUT2D eigenvalue weighted by Crippen LogP contribution is 2.37. The predicted octanol–water partition coefficient (Wildman–Crippen LogP) is 6.47. The highest BCUT2D eigenvalue weighted by atomic mass is 32.1. The molecule has 0 saturated heterocycles. The molecule has 8 heteroatoms. The molecule has 0 bridgehead atoms. The van der Waals surface area contributed by atoms with Crippen LogP contribution < -0.4 is 5.56 Å². The first-order valence-electron chi connectivity index (χ1n) is 11.1. The number of para-hydroxylation sites is 1. The van der Waals surface area contributed by atoms with Crippen LogP contribution in [0.2, 0.25) is 0 Å². The molecular formula is C27H22FN3O2S2. The number of phenols is 1. The van der Waals surface area contributed by atoms with E-state index in [-0.39, 0.29) is 16.9 Å². The van der Waals surface area contributed by atoms with Crippen molar-refractivity contribution in [2.45, 2.75) is 26.8 Å². The lowest BCUT2D eigenvalue weighted by atomic mass is 10.1. The summed E-state index contributed by atoms with van der Waals surface area (Å²) in [5.74, 6) is -1.02. The number of hydrogen-bond acceptors (Lipinski definition) is 6. The van der Waals surface area contributed by atoms with Crippen molar-refractivity contribution in [3.63, 3.8) is 0 Å². The second-order valence-corrected chi connectivity index (χ2v) is 10.1. The van der Waals surface area contributed by atoms with Gasteiger partial charge in [-0.25, -0.2) is 9.37 Å². The molecule has 0 aliphatic carbocycles. The highest BCUT2D eigenvalue weighted by Gasteiger charge is 2.21. The molecule has 0 saturated carbocycles. The zero-order chi connectivity index (χ0) is 24.5. The zero-order valence-electron chi connectivity index (χ0n) is 19.2. The Kier molecular flexibility index (Phi) is 6.32. The summed E-state index contributed by atoms with van der Waals surface area (Å²) in [5.41, 5.74) is 3.03. The van der Waals surface area contributed by atoms with Crippen molar-refractivity contribution in [1.29, 1.82) is 0 Å². The molecule has 0 fully saturated rings. The van der Waals surface area contributed by atoms with Gasteiger partial charge in [-0.1, -0.05) is 36.4 Å². The predicted molar refractivity (Wildman–Crippen MR) is 140 cm³/mol. The average molecular weight is 504 g/mol. The van der Waals surface area contributed by atoms with Gasteiger partial charge in [0.05, 0.1) is 27.4 Å². The summed E-state index contributed by atoms with van der Waals surface area (Å²) in [5, 5.41) is 10.4. The van der Waals surface area contributed by atoms with Crippen LogP contribution in [0.1, 0.15) is 17.0 Å². The SMILES string of the molecule is Cc1cc(-c2ccc(-c3c(C)nc(-c4cccc(F)c4O)n(CCc4ccccc4)c3=O)s2)sn1. The quantitative estimate of drug-likeness (QED) is 0.288. The minimum atomic E-state index is -0.754. The molecule has 0 aliphatic rings. The molecule has 3 heterocycles. The standard InChI is InChI=1S/C27H22FN3O2S2/c1-16-15-23(35-30-16)21-11-12-22(34-21)24-17(2)29-26(19-9-6-10-20(28)25(19)32)31(27(24)33)14-13-18-7-4-3-5-8-18/h3-12,15,32H,13-14H2,1-2H3. The molecule has 0 unspecified atom stereocenters. The van der Waals surface area contributed by atoms with Gasteiger partial charge in [-0.2, -0.15) is 4.37 Å². The number of hydrogen-bond donors (Lipinski definition) is 1. The van der Waals surface area contributed by atoms with Crippen LogP contribution in [0.25, 0.3) is 31.6 Å². The maximum Gasteiger partial charge on any atom is 0.262 e. The largest absolute Gasteiger partial charge is 0.504 e. The molecule has 0 spiro atoms. The minimum absolute atomic E-state index is 0.191. The Morgan fingerprint density at radius 3 is 2.49 bits per heavy atom. The molecule has 5 nitrogen and oxygen atoms in total. The van der Waals surface area contributed by atoms with E-state index in [0.29, 0.717) is 24.2 Å². The fraction of sp³-hybridized carbons (Fsp3) is 0.148. The molecule has 3 aromatic heterocycles. The van der Waals surface area contributed by atoms with Crippen molar-refractivity contribution in [3.05, 3.63) is 99.9 Å². The third-order valence-corrected chi connectivity index (χ3v) is 7.95. The fourth-order valence-corrected chi connectivity index (χ4v) is 5.94. The molecular weight excluding hydrogens is 481 g/mol. The topological polar surface area (TPSA) is 68.0 Å². The van der Waals surface area contributed by atoms with Crippen molar-refractivity contribution in [2.75, 3.05) is 0 Å². The molecule has 0 amide bonds. The van der Waals surface area contributed by atoms with E-state index in [1.54, 1.807) is 17.6 Å². The second-order valence-electron chi connectivity index (χ2n) is 8.22. The Balaban J connectivity index is 1.65. The summed E-state index contributed by atoms with van der Waals surface area (Å²) in [6.45, 7) is 4.06. The van der Waals surface area contributed by atoms with Crippen LogP contribution in [-0.4, -0.2) is 19.0 Å². The van der Waals surface area contributed by atoms with Gasteiger partial charge in [0.15, 0.2) is 11.6 Å². The van der Waals surface area contributed by atoms with Crippen LogP contribution in [0.15, 0.2) is 71.5 Å². The van der Waals surface area contributed by atoms with Crippen LogP contribution in [0, 0.1) is 19.7 Å². The number of aromatic hydroxyl groups is 1. The van der Waals surface area contributed by atoms with Gasteiger partial charge >= 0.3 is 0 Å². The summed E-state index contributed by atoms with van der Waals surface area (Å²) < 4.78 is 20.1. The number of aromatic nitrogens is 3. The van der Waals surface area contributed by atoms with E-state index in [9.17, 15) is 14.3 Å². The second kappa shape index (κ2) is 9.56. The smallest absolute Gasteiger partial charge is 0.262 e. The number of thiophene rings is 1. The summed E-state index contributed by atoms with van der Waals surface area (Å²) in [7, 11) is 0. The molecule has 176 valence electrons. The molecule has 0 atom stereocenters. The third-order valence-electron chi connectivity index (χ3n) is 5.77. The van der Waals surface area contributed by atoms with Crippen molar-refractivity contribution in [1.82, 2.24) is 13.9 Å². The molecule has 5 rings (SSSR count). The maximum absolute atomic E-state index is 14.2. The summed E-state index contributed by atoms with van der Waals surface area (Å²) in [6.07, 6.45) is 0.587. The first kappa shape index (κ1) is 23.1. The third kappa shape index (κ3) is 4.54. The monoisotopic (exact) mass is 503 g/mol. The van der Waals surface area contributed by atoms with Crippen LogP contribution >= 0.6 is 22.9 Å². The number of aryl methyl sites for hydroxylation is 3. The summed E-state index contributed by atoms with van der Waals surface area (Å²) >= 11 is 2.95. The van der Waals surface area contributed by atoms with Gasteiger partial charge in [-0.05, 0) is 67.7 Å². The lowest BCUT2D eigenvalue weighted by Gasteiger charge is -2.16. The Morgan fingerprint density at radius 1 is 0.971 bits per heavy atom. The van der Waals surface area contributed by atoms with Crippen molar-refractivity contribution < 1.29 is 9.50 Å². The van der Waals surface area contributed by atoms with Gasteiger partial charge in [0.25, 0.3) is 5.56 Å². The van der Waals surface area contributed by atoms with Crippen LogP contribution in [0.4, 0.5) is 4.39 Å². The van der Waals surface area contributed by atoms with E-state index >= 15 is 0 Å². The Labute approximate surface area is 210 Å². The zero-order valence-corrected chi connectivity index (χ0v) is 20.8. The molecule has 0 radical (unpaired) electrons. The normalized spacial score (nSPS) is 11.2. The molecule has 35 heavy (non-hydrogen) atoms. The van der Waals surface area contributed by atoms with E-state index in [1.807, 2.05) is 55.5 Å². The van der Waals surface area contributed by atoms with E-state index in [2.05, 4.69) is 4.37 Å². The average Bonchev–Trinajstić information content (AvgIpc) is 3.50. The van der Waals surface area contributed by atoms with Gasteiger partial charge in [0.2, 0.25) is 0 Å². The van der Waals surface area contributed by atoms with Crippen LogP contribution in [0.3, 0.4) is 0 Å².